The Kier molecular flexibility index (Phi) is 6.69. The van der Waals surface area contributed by atoms with Crippen LogP contribution in [0.4, 0.5) is 0 Å². The normalized spacial score (nSPS) is 19.8. The molecular formula is C18H30N2O4. The summed E-state index contributed by atoms with van der Waals surface area (Å²) in [5.41, 5.74) is -0.245. The third kappa shape index (κ3) is 5.14. The quantitative estimate of drug-likeness (QED) is 0.719. The van der Waals surface area contributed by atoms with Gasteiger partial charge in [-0.3, -0.25) is 24.1 Å². The topological polar surface area (TPSA) is 83.6 Å². The van der Waals surface area contributed by atoms with Gasteiger partial charge in [-0.05, 0) is 24.7 Å². The maximum absolute atomic E-state index is 12.4. The molecule has 0 bridgehead atoms. The highest BCUT2D eigenvalue weighted by Gasteiger charge is 2.44. The zero-order valence-electron chi connectivity index (χ0n) is 15.6. The van der Waals surface area contributed by atoms with Crippen molar-refractivity contribution < 1.29 is 19.2 Å². The molecule has 0 saturated carbocycles. The molecule has 1 aliphatic heterocycles. The van der Waals surface area contributed by atoms with Gasteiger partial charge in [-0.2, -0.15) is 0 Å². The Morgan fingerprint density at radius 2 is 1.83 bits per heavy atom. The van der Waals surface area contributed by atoms with E-state index in [1.54, 1.807) is 0 Å². The number of imide groups is 1. The molecule has 1 aliphatic rings. The smallest absolute Gasteiger partial charge is 0.233 e. The predicted octanol–water partition coefficient (Wildman–Crippen LogP) is 1.92. The molecule has 6 nitrogen and oxygen atoms in total. The highest BCUT2D eigenvalue weighted by molar-refractivity contribution is 6.03. The van der Waals surface area contributed by atoms with Crippen LogP contribution in [0.1, 0.15) is 60.8 Å². The molecule has 1 unspecified atom stereocenters. The monoisotopic (exact) mass is 338 g/mol. The Labute approximate surface area is 144 Å². The zero-order valence-corrected chi connectivity index (χ0v) is 15.6. The third-order valence-corrected chi connectivity index (χ3v) is 4.50. The van der Waals surface area contributed by atoms with E-state index in [9.17, 15) is 19.2 Å². The summed E-state index contributed by atoms with van der Waals surface area (Å²) in [7, 11) is 0. The van der Waals surface area contributed by atoms with Crippen molar-refractivity contribution in [2.75, 3.05) is 6.54 Å². The number of ketones is 1. The summed E-state index contributed by atoms with van der Waals surface area (Å²) >= 11 is 0. The van der Waals surface area contributed by atoms with Crippen molar-refractivity contribution >= 4 is 23.5 Å². The van der Waals surface area contributed by atoms with E-state index in [1.807, 2.05) is 34.6 Å². The van der Waals surface area contributed by atoms with Gasteiger partial charge in [0.1, 0.15) is 0 Å². The minimum absolute atomic E-state index is 0.0285. The van der Waals surface area contributed by atoms with Crippen molar-refractivity contribution in [2.45, 2.75) is 66.8 Å². The summed E-state index contributed by atoms with van der Waals surface area (Å²) in [6, 6.07) is -0.488. The molecule has 0 aromatic carbocycles. The summed E-state index contributed by atoms with van der Waals surface area (Å²) in [6.45, 7) is 11.3. The van der Waals surface area contributed by atoms with Crippen LogP contribution in [0.2, 0.25) is 0 Å². The fourth-order valence-corrected chi connectivity index (χ4v) is 2.98. The van der Waals surface area contributed by atoms with Gasteiger partial charge in [0, 0.05) is 19.4 Å². The fraction of sp³-hybridized carbons (Fsp3) is 0.778. The number of nitrogens with one attached hydrogen (secondary N) is 1. The molecular weight excluding hydrogens is 308 g/mol. The average Bonchev–Trinajstić information content (AvgIpc) is 2.71. The summed E-state index contributed by atoms with van der Waals surface area (Å²) in [6.07, 6.45) is 0.838. The van der Waals surface area contributed by atoms with Crippen LogP contribution in [0.15, 0.2) is 0 Å². The summed E-state index contributed by atoms with van der Waals surface area (Å²) in [5.74, 6) is -0.866. The number of hydrogen-bond donors (Lipinski definition) is 1. The molecule has 136 valence electrons. The molecule has 0 spiro atoms. The number of rotatable bonds is 7. The van der Waals surface area contributed by atoms with Crippen LogP contribution in [0.25, 0.3) is 0 Å². The van der Waals surface area contributed by atoms with Crippen LogP contribution in [0, 0.1) is 17.3 Å². The number of Topliss-reactive ketones (excluding diaryl/α,β-unsaturated/α-hetero) is 1. The standard InChI is InChI=1S/C18H30N2O4/c1-11(2)16(12(3)21)19-14(22)8-7-9-20-15(23)10-13(17(20)24)18(4,5)6/h11,13,16H,7-10H2,1-6H3,(H,19,22)/t13?,16-/m0/s1. The van der Waals surface area contributed by atoms with Gasteiger partial charge >= 0.3 is 0 Å². The van der Waals surface area contributed by atoms with Crippen molar-refractivity contribution in [3.8, 4) is 0 Å². The minimum atomic E-state index is -0.488. The van der Waals surface area contributed by atoms with E-state index in [4.69, 9.17) is 0 Å². The minimum Gasteiger partial charge on any atom is -0.346 e. The van der Waals surface area contributed by atoms with Gasteiger partial charge in [0.15, 0.2) is 5.78 Å². The SMILES string of the molecule is CC(=O)[C@@H](NC(=O)CCCN1C(=O)CC(C(C)(C)C)C1=O)C(C)C. The lowest BCUT2D eigenvalue weighted by Crippen LogP contribution is -2.43. The van der Waals surface area contributed by atoms with E-state index in [1.165, 1.54) is 11.8 Å². The van der Waals surface area contributed by atoms with Crippen molar-refractivity contribution in [1.82, 2.24) is 10.2 Å². The van der Waals surface area contributed by atoms with Gasteiger partial charge in [0.2, 0.25) is 17.7 Å². The second-order valence-corrected chi connectivity index (χ2v) is 8.01. The Hall–Kier alpha value is -1.72. The van der Waals surface area contributed by atoms with Crippen LogP contribution in [-0.2, 0) is 19.2 Å². The van der Waals surface area contributed by atoms with E-state index in [0.29, 0.717) is 6.42 Å². The fourth-order valence-electron chi connectivity index (χ4n) is 2.98. The van der Waals surface area contributed by atoms with E-state index < -0.39 is 6.04 Å². The molecule has 0 aromatic heterocycles. The zero-order chi connectivity index (χ0) is 18.7. The van der Waals surface area contributed by atoms with Crippen LogP contribution in [0.3, 0.4) is 0 Å². The van der Waals surface area contributed by atoms with Crippen LogP contribution < -0.4 is 5.32 Å². The highest BCUT2D eigenvalue weighted by Crippen LogP contribution is 2.35. The van der Waals surface area contributed by atoms with E-state index >= 15 is 0 Å². The van der Waals surface area contributed by atoms with Gasteiger partial charge < -0.3 is 5.32 Å². The molecule has 24 heavy (non-hydrogen) atoms. The van der Waals surface area contributed by atoms with Crippen molar-refractivity contribution in [1.29, 1.82) is 0 Å². The van der Waals surface area contributed by atoms with Crippen LogP contribution in [-0.4, -0.2) is 41.0 Å². The maximum atomic E-state index is 12.4. The van der Waals surface area contributed by atoms with E-state index in [-0.39, 0.29) is 60.1 Å². The van der Waals surface area contributed by atoms with Gasteiger partial charge in [-0.1, -0.05) is 34.6 Å². The van der Waals surface area contributed by atoms with Crippen LogP contribution in [0.5, 0.6) is 0 Å². The molecule has 2 atom stereocenters. The Bertz CT molecular complexity index is 520. The van der Waals surface area contributed by atoms with E-state index in [2.05, 4.69) is 5.32 Å². The molecule has 1 heterocycles. The second kappa shape index (κ2) is 7.90. The average molecular weight is 338 g/mol. The number of hydrogen-bond acceptors (Lipinski definition) is 4. The number of nitrogens with zero attached hydrogens (tertiary/aromatic N) is 1. The maximum Gasteiger partial charge on any atom is 0.233 e. The first-order chi connectivity index (χ1) is 10.9. The van der Waals surface area contributed by atoms with Gasteiger partial charge in [0.05, 0.1) is 12.0 Å². The predicted molar refractivity (Wildman–Crippen MR) is 91.0 cm³/mol. The van der Waals surface area contributed by atoms with Gasteiger partial charge in [0.25, 0.3) is 0 Å². The molecule has 1 saturated heterocycles. The second-order valence-electron chi connectivity index (χ2n) is 8.01. The molecule has 1 N–H and O–H groups in total. The molecule has 1 rings (SSSR count). The first-order valence-corrected chi connectivity index (χ1v) is 8.59. The van der Waals surface area contributed by atoms with Crippen molar-refractivity contribution in [3.05, 3.63) is 0 Å². The Morgan fingerprint density at radius 3 is 2.25 bits per heavy atom. The molecule has 0 aromatic rings. The van der Waals surface area contributed by atoms with Crippen LogP contribution >= 0.6 is 0 Å². The van der Waals surface area contributed by atoms with Crippen molar-refractivity contribution in [3.63, 3.8) is 0 Å². The Balaban J connectivity index is 2.50. The van der Waals surface area contributed by atoms with Crippen molar-refractivity contribution in [2.24, 2.45) is 17.3 Å². The lowest BCUT2D eigenvalue weighted by molar-refractivity contribution is -0.140. The first kappa shape index (κ1) is 20.3. The Morgan fingerprint density at radius 1 is 1.25 bits per heavy atom. The number of carbonyl (C=O) groups excluding carboxylic acids is 4. The molecule has 0 radical (unpaired) electrons. The lowest BCUT2D eigenvalue weighted by Gasteiger charge is -2.25. The number of amides is 3. The number of carbonyl (C=O) groups is 4. The summed E-state index contributed by atoms with van der Waals surface area (Å²) in [5, 5.41) is 2.72. The molecule has 3 amide bonds. The van der Waals surface area contributed by atoms with Gasteiger partial charge in [-0.15, -0.1) is 0 Å². The molecule has 0 aliphatic carbocycles. The van der Waals surface area contributed by atoms with E-state index in [0.717, 1.165) is 0 Å². The first-order valence-electron chi connectivity index (χ1n) is 8.59. The molecule has 6 heteroatoms. The highest BCUT2D eigenvalue weighted by atomic mass is 16.2. The third-order valence-electron chi connectivity index (χ3n) is 4.50. The molecule has 1 fully saturated rings. The largest absolute Gasteiger partial charge is 0.346 e. The summed E-state index contributed by atoms with van der Waals surface area (Å²) in [4.78, 5) is 49.1. The lowest BCUT2D eigenvalue weighted by atomic mass is 9.80. The van der Waals surface area contributed by atoms with Gasteiger partial charge in [-0.25, -0.2) is 0 Å². The summed E-state index contributed by atoms with van der Waals surface area (Å²) < 4.78 is 0. The number of likely N-dealkylation sites (tertiary alicyclic amines) is 1.